The van der Waals surface area contributed by atoms with Gasteiger partial charge in [0.15, 0.2) is 0 Å². The van der Waals surface area contributed by atoms with Gasteiger partial charge in [0.25, 0.3) is 0 Å². The number of nitrogens with one attached hydrogen (secondary N) is 2. The summed E-state index contributed by atoms with van der Waals surface area (Å²) in [5.41, 5.74) is 0.145. The molecule has 0 radical (unpaired) electrons. The minimum atomic E-state index is -0.989. The first-order valence-corrected chi connectivity index (χ1v) is 6.12. The number of carbonyl (C=O) groups is 2. The zero-order chi connectivity index (χ0) is 15.1. The second kappa shape index (κ2) is 7.42. The summed E-state index contributed by atoms with van der Waals surface area (Å²) >= 11 is 0. The van der Waals surface area contributed by atoms with Crippen molar-refractivity contribution in [3.05, 3.63) is 35.4 Å². The summed E-state index contributed by atoms with van der Waals surface area (Å²) in [6.07, 6.45) is 0.391. The number of amides is 2. The summed E-state index contributed by atoms with van der Waals surface area (Å²) < 4.78 is 26.0. The zero-order valence-electron chi connectivity index (χ0n) is 11.0. The molecule has 20 heavy (non-hydrogen) atoms. The van der Waals surface area contributed by atoms with Crippen LogP contribution in [0.3, 0.4) is 0 Å². The number of halogens is 2. The maximum Gasteiger partial charge on any atom is 0.315 e. The van der Waals surface area contributed by atoms with Crippen LogP contribution in [0.1, 0.15) is 18.9 Å². The molecular weight excluding hydrogens is 270 g/mol. The van der Waals surface area contributed by atoms with E-state index in [2.05, 4.69) is 10.6 Å². The lowest BCUT2D eigenvalue weighted by Gasteiger charge is -2.12. The van der Waals surface area contributed by atoms with Crippen molar-refractivity contribution in [1.82, 2.24) is 10.6 Å². The second-order valence-corrected chi connectivity index (χ2v) is 4.24. The Morgan fingerprint density at radius 2 is 2.00 bits per heavy atom. The molecule has 1 rings (SSSR count). The van der Waals surface area contributed by atoms with Crippen molar-refractivity contribution in [2.75, 3.05) is 6.54 Å². The van der Waals surface area contributed by atoms with E-state index in [-0.39, 0.29) is 18.7 Å². The van der Waals surface area contributed by atoms with Gasteiger partial charge in [0.2, 0.25) is 0 Å². The van der Waals surface area contributed by atoms with E-state index in [1.807, 2.05) is 0 Å². The number of hydrogen-bond donors (Lipinski definition) is 3. The lowest BCUT2D eigenvalue weighted by atomic mass is 10.1. The molecule has 5 nitrogen and oxygen atoms in total. The molecule has 0 heterocycles. The summed E-state index contributed by atoms with van der Waals surface area (Å²) in [4.78, 5) is 22.2. The molecule has 0 aliphatic rings. The minimum absolute atomic E-state index is 0.0104. The van der Waals surface area contributed by atoms with E-state index in [0.29, 0.717) is 6.42 Å². The van der Waals surface area contributed by atoms with Gasteiger partial charge in [-0.05, 0) is 12.5 Å². The van der Waals surface area contributed by atoms with Gasteiger partial charge in [0, 0.05) is 24.7 Å². The predicted molar refractivity (Wildman–Crippen MR) is 68.0 cm³/mol. The highest BCUT2D eigenvalue weighted by molar-refractivity contribution is 5.75. The van der Waals surface area contributed by atoms with Crippen molar-refractivity contribution in [3.8, 4) is 0 Å². The largest absolute Gasteiger partial charge is 0.481 e. The molecule has 110 valence electrons. The number of rotatable bonds is 6. The van der Waals surface area contributed by atoms with E-state index in [1.54, 1.807) is 6.92 Å². The van der Waals surface area contributed by atoms with E-state index >= 15 is 0 Å². The van der Waals surface area contributed by atoms with Crippen LogP contribution in [0.4, 0.5) is 13.6 Å². The third kappa shape index (κ3) is 4.83. The molecule has 0 aliphatic heterocycles. The molecule has 1 unspecified atom stereocenters. The lowest BCUT2D eigenvalue weighted by Crippen LogP contribution is -2.39. The maximum absolute atomic E-state index is 13.3. The molecule has 0 bridgehead atoms. The summed E-state index contributed by atoms with van der Waals surface area (Å²) in [6, 6.07) is 2.45. The van der Waals surface area contributed by atoms with Crippen LogP contribution in [0, 0.1) is 17.6 Å². The van der Waals surface area contributed by atoms with Crippen molar-refractivity contribution >= 4 is 12.0 Å². The number of carboxylic acid groups (broad SMARTS) is 1. The predicted octanol–water partition coefficient (Wildman–Crippen LogP) is 1.87. The number of hydrogen-bond acceptors (Lipinski definition) is 2. The van der Waals surface area contributed by atoms with Crippen LogP contribution in [-0.4, -0.2) is 23.7 Å². The van der Waals surface area contributed by atoms with Crippen molar-refractivity contribution in [2.45, 2.75) is 19.9 Å². The van der Waals surface area contributed by atoms with Crippen LogP contribution in [0.15, 0.2) is 18.2 Å². The standard InChI is InChI=1S/C13H16F2N2O3/c1-2-8(12(18)19)6-16-13(20)17-7-9-3-4-10(14)5-11(9)15/h3-5,8H,2,6-7H2,1H3,(H,18,19)(H2,16,17,20). The van der Waals surface area contributed by atoms with E-state index in [1.165, 1.54) is 6.07 Å². The Hall–Kier alpha value is -2.18. The molecule has 1 aromatic rings. The third-order valence-electron chi connectivity index (χ3n) is 2.81. The first-order chi connectivity index (χ1) is 9.43. The first-order valence-electron chi connectivity index (χ1n) is 6.12. The van der Waals surface area contributed by atoms with Crippen LogP contribution in [0.2, 0.25) is 0 Å². The smallest absolute Gasteiger partial charge is 0.315 e. The van der Waals surface area contributed by atoms with Gasteiger partial charge in [-0.2, -0.15) is 0 Å². The Morgan fingerprint density at radius 1 is 1.30 bits per heavy atom. The Labute approximate surface area is 115 Å². The number of aliphatic carboxylic acids is 1. The Balaban J connectivity index is 2.41. The van der Waals surface area contributed by atoms with Crippen molar-refractivity contribution in [1.29, 1.82) is 0 Å². The van der Waals surface area contributed by atoms with Gasteiger partial charge >= 0.3 is 12.0 Å². The van der Waals surface area contributed by atoms with Crippen LogP contribution in [-0.2, 0) is 11.3 Å². The highest BCUT2D eigenvalue weighted by Gasteiger charge is 2.15. The van der Waals surface area contributed by atoms with Crippen molar-refractivity contribution in [3.63, 3.8) is 0 Å². The fraction of sp³-hybridized carbons (Fsp3) is 0.385. The topological polar surface area (TPSA) is 78.4 Å². The number of benzene rings is 1. The molecule has 0 saturated heterocycles. The molecule has 0 fully saturated rings. The molecule has 0 aliphatic carbocycles. The molecular formula is C13H16F2N2O3. The number of carboxylic acids is 1. The van der Waals surface area contributed by atoms with Crippen LogP contribution in [0.25, 0.3) is 0 Å². The highest BCUT2D eigenvalue weighted by Crippen LogP contribution is 2.08. The van der Waals surface area contributed by atoms with Gasteiger partial charge in [-0.1, -0.05) is 13.0 Å². The fourth-order valence-electron chi connectivity index (χ4n) is 1.53. The van der Waals surface area contributed by atoms with Gasteiger partial charge in [-0.3, -0.25) is 4.79 Å². The van der Waals surface area contributed by atoms with Crippen molar-refractivity contribution < 1.29 is 23.5 Å². The SMILES string of the molecule is CCC(CNC(=O)NCc1ccc(F)cc1F)C(=O)O. The normalized spacial score (nSPS) is 11.8. The summed E-state index contributed by atoms with van der Waals surface area (Å²) in [7, 11) is 0. The summed E-state index contributed by atoms with van der Waals surface area (Å²) in [5, 5.41) is 13.6. The monoisotopic (exact) mass is 286 g/mol. The molecule has 0 saturated carbocycles. The average molecular weight is 286 g/mol. The minimum Gasteiger partial charge on any atom is -0.481 e. The number of urea groups is 1. The average Bonchev–Trinajstić information content (AvgIpc) is 2.38. The van der Waals surface area contributed by atoms with E-state index in [4.69, 9.17) is 5.11 Å². The van der Waals surface area contributed by atoms with Gasteiger partial charge in [0.05, 0.1) is 5.92 Å². The molecule has 7 heteroatoms. The zero-order valence-corrected chi connectivity index (χ0v) is 11.0. The first kappa shape index (κ1) is 15.9. The summed E-state index contributed by atoms with van der Waals surface area (Å²) in [5.74, 6) is -3.09. The quantitative estimate of drug-likeness (QED) is 0.747. The Kier molecular flexibility index (Phi) is 5.89. The molecule has 1 aromatic carbocycles. The van der Waals surface area contributed by atoms with Gasteiger partial charge < -0.3 is 15.7 Å². The lowest BCUT2D eigenvalue weighted by molar-refractivity contribution is -0.141. The van der Waals surface area contributed by atoms with E-state index < -0.39 is 29.6 Å². The van der Waals surface area contributed by atoms with Gasteiger partial charge in [-0.15, -0.1) is 0 Å². The molecule has 0 aromatic heterocycles. The second-order valence-electron chi connectivity index (χ2n) is 4.24. The molecule has 1 atom stereocenters. The van der Waals surface area contributed by atoms with Gasteiger partial charge in [0.1, 0.15) is 11.6 Å². The molecule has 0 spiro atoms. The Bertz CT molecular complexity index is 495. The van der Waals surface area contributed by atoms with Crippen molar-refractivity contribution in [2.24, 2.45) is 5.92 Å². The van der Waals surface area contributed by atoms with E-state index in [0.717, 1.165) is 12.1 Å². The van der Waals surface area contributed by atoms with Crippen LogP contribution >= 0.6 is 0 Å². The fourth-order valence-corrected chi connectivity index (χ4v) is 1.53. The van der Waals surface area contributed by atoms with E-state index in [9.17, 15) is 18.4 Å². The maximum atomic E-state index is 13.3. The highest BCUT2D eigenvalue weighted by atomic mass is 19.1. The van der Waals surface area contributed by atoms with Crippen LogP contribution < -0.4 is 10.6 Å². The molecule has 3 N–H and O–H groups in total. The number of carbonyl (C=O) groups excluding carboxylic acids is 1. The Morgan fingerprint density at radius 3 is 2.55 bits per heavy atom. The third-order valence-corrected chi connectivity index (χ3v) is 2.81. The molecule has 2 amide bonds. The van der Waals surface area contributed by atoms with Gasteiger partial charge in [-0.25, -0.2) is 13.6 Å². The van der Waals surface area contributed by atoms with Crippen LogP contribution in [0.5, 0.6) is 0 Å². The summed E-state index contributed by atoms with van der Waals surface area (Å²) in [6.45, 7) is 1.58.